The van der Waals surface area contributed by atoms with Gasteiger partial charge in [-0.2, -0.15) is 0 Å². The second kappa shape index (κ2) is 8.80. The van der Waals surface area contributed by atoms with E-state index >= 15 is 0 Å². The van der Waals surface area contributed by atoms with Crippen molar-refractivity contribution in [2.24, 2.45) is 0 Å². The number of nitrogens with one attached hydrogen (secondary N) is 1. The third-order valence-electron chi connectivity index (χ3n) is 3.39. The molecule has 0 aromatic heterocycles. The number of carbonyl (C=O) groups is 1. The van der Waals surface area contributed by atoms with E-state index in [1.807, 2.05) is 30.3 Å². The van der Waals surface area contributed by atoms with Crippen molar-refractivity contribution in [2.45, 2.75) is 19.4 Å². The van der Waals surface area contributed by atoms with E-state index < -0.39 is 5.97 Å². The van der Waals surface area contributed by atoms with Crippen LogP contribution in [-0.4, -0.2) is 17.6 Å². The molecule has 0 radical (unpaired) electrons. The molecule has 22 heavy (non-hydrogen) atoms. The Hall–Kier alpha value is -2.39. The molecule has 0 aliphatic rings. The lowest BCUT2D eigenvalue weighted by molar-refractivity contribution is -0.131. The van der Waals surface area contributed by atoms with Crippen LogP contribution in [-0.2, 0) is 17.8 Å². The predicted molar refractivity (Wildman–Crippen MR) is 89.6 cm³/mol. The summed E-state index contributed by atoms with van der Waals surface area (Å²) in [6.07, 6.45) is 4.95. The molecule has 0 saturated heterocycles. The number of hydrogen-bond acceptors (Lipinski definition) is 2. The van der Waals surface area contributed by atoms with E-state index in [0.29, 0.717) is 0 Å². The van der Waals surface area contributed by atoms with Crippen LogP contribution in [0.4, 0.5) is 0 Å². The van der Waals surface area contributed by atoms with E-state index in [-0.39, 0.29) is 0 Å². The third-order valence-corrected chi connectivity index (χ3v) is 3.39. The third kappa shape index (κ3) is 5.94. The van der Waals surface area contributed by atoms with Crippen molar-refractivity contribution in [3.05, 3.63) is 77.4 Å². The Morgan fingerprint density at radius 3 is 2.41 bits per heavy atom. The van der Waals surface area contributed by atoms with E-state index in [2.05, 4.69) is 29.6 Å². The van der Waals surface area contributed by atoms with Gasteiger partial charge in [0, 0.05) is 12.6 Å². The summed E-state index contributed by atoms with van der Waals surface area (Å²) in [4.78, 5) is 10.4. The fraction of sp³-hybridized carbons (Fsp3) is 0.211. The first-order chi connectivity index (χ1) is 10.7. The maximum Gasteiger partial charge on any atom is 0.328 e. The van der Waals surface area contributed by atoms with E-state index in [9.17, 15) is 4.79 Å². The second-order valence-electron chi connectivity index (χ2n) is 5.18. The van der Waals surface area contributed by atoms with Gasteiger partial charge in [0.1, 0.15) is 0 Å². The molecule has 114 valence electrons. The molecule has 2 rings (SSSR count). The minimum Gasteiger partial charge on any atom is -0.478 e. The van der Waals surface area contributed by atoms with Gasteiger partial charge in [0.2, 0.25) is 0 Å². The molecule has 2 aromatic rings. The molecule has 0 aliphatic heterocycles. The van der Waals surface area contributed by atoms with Crippen molar-refractivity contribution < 1.29 is 9.90 Å². The highest BCUT2D eigenvalue weighted by Gasteiger charge is 1.95. The van der Waals surface area contributed by atoms with Crippen molar-refractivity contribution in [1.82, 2.24) is 5.32 Å². The smallest absolute Gasteiger partial charge is 0.328 e. The van der Waals surface area contributed by atoms with Crippen molar-refractivity contribution in [2.75, 3.05) is 6.54 Å². The Morgan fingerprint density at radius 1 is 1.00 bits per heavy atom. The Balaban J connectivity index is 1.68. The molecule has 3 nitrogen and oxygen atoms in total. The minimum atomic E-state index is -0.927. The number of aliphatic carboxylic acids is 1. The maximum atomic E-state index is 10.4. The average Bonchev–Trinajstić information content (AvgIpc) is 2.54. The van der Waals surface area contributed by atoms with Crippen LogP contribution >= 0.6 is 0 Å². The van der Waals surface area contributed by atoms with Crippen LogP contribution in [0, 0.1) is 0 Å². The number of aryl methyl sites for hydroxylation is 1. The molecule has 0 atom stereocenters. The summed E-state index contributed by atoms with van der Waals surface area (Å²) < 4.78 is 0. The van der Waals surface area contributed by atoms with E-state index in [1.54, 1.807) is 6.08 Å². The van der Waals surface area contributed by atoms with Gasteiger partial charge in [-0.1, -0.05) is 54.6 Å². The van der Waals surface area contributed by atoms with Gasteiger partial charge >= 0.3 is 5.97 Å². The first kappa shape index (κ1) is 16.0. The largest absolute Gasteiger partial charge is 0.478 e. The average molecular weight is 295 g/mol. The lowest BCUT2D eigenvalue weighted by Gasteiger charge is -2.05. The van der Waals surface area contributed by atoms with Gasteiger partial charge < -0.3 is 10.4 Å². The molecular formula is C19H21NO2. The molecule has 0 saturated carbocycles. The zero-order valence-corrected chi connectivity index (χ0v) is 12.5. The molecule has 0 spiro atoms. The Bertz CT molecular complexity index is 603. The summed E-state index contributed by atoms with van der Waals surface area (Å²) in [5.74, 6) is -0.927. The van der Waals surface area contributed by atoms with Gasteiger partial charge in [0.05, 0.1) is 0 Å². The zero-order valence-electron chi connectivity index (χ0n) is 12.5. The normalized spacial score (nSPS) is 10.9. The molecule has 0 aliphatic carbocycles. The number of benzene rings is 2. The van der Waals surface area contributed by atoms with Gasteiger partial charge in [0.25, 0.3) is 0 Å². The lowest BCUT2D eigenvalue weighted by Crippen LogP contribution is -2.15. The number of rotatable bonds is 8. The van der Waals surface area contributed by atoms with E-state index in [0.717, 1.165) is 37.6 Å². The minimum absolute atomic E-state index is 0.831. The van der Waals surface area contributed by atoms with Crippen LogP contribution in [0.1, 0.15) is 23.1 Å². The van der Waals surface area contributed by atoms with Gasteiger partial charge in [-0.05, 0) is 42.2 Å². The zero-order chi connectivity index (χ0) is 15.6. The van der Waals surface area contributed by atoms with E-state index in [1.165, 1.54) is 11.1 Å². The summed E-state index contributed by atoms with van der Waals surface area (Å²) >= 11 is 0. The molecule has 0 heterocycles. The van der Waals surface area contributed by atoms with Gasteiger partial charge in [-0.15, -0.1) is 0 Å². The second-order valence-corrected chi connectivity index (χ2v) is 5.18. The molecule has 0 unspecified atom stereocenters. The first-order valence-electron chi connectivity index (χ1n) is 7.48. The molecule has 0 amide bonds. The van der Waals surface area contributed by atoms with Crippen LogP contribution in [0.2, 0.25) is 0 Å². The molecular weight excluding hydrogens is 274 g/mol. The van der Waals surface area contributed by atoms with Crippen LogP contribution in [0.3, 0.4) is 0 Å². The number of carboxylic acids is 1. The fourth-order valence-corrected chi connectivity index (χ4v) is 2.21. The Morgan fingerprint density at radius 2 is 1.73 bits per heavy atom. The lowest BCUT2D eigenvalue weighted by atomic mass is 10.1. The van der Waals surface area contributed by atoms with Crippen molar-refractivity contribution >= 4 is 12.0 Å². The molecule has 0 bridgehead atoms. The number of carboxylic acid groups (broad SMARTS) is 1. The molecule has 2 N–H and O–H groups in total. The van der Waals surface area contributed by atoms with E-state index in [4.69, 9.17) is 5.11 Å². The van der Waals surface area contributed by atoms with Crippen LogP contribution in [0.25, 0.3) is 6.08 Å². The number of hydrogen-bond donors (Lipinski definition) is 2. The van der Waals surface area contributed by atoms with Crippen LogP contribution in [0.15, 0.2) is 60.7 Å². The Labute approximate surface area is 131 Å². The fourth-order valence-electron chi connectivity index (χ4n) is 2.21. The van der Waals surface area contributed by atoms with Crippen LogP contribution in [0.5, 0.6) is 0 Å². The summed E-state index contributed by atoms with van der Waals surface area (Å²) in [6.45, 7) is 1.81. The molecule has 3 heteroatoms. The monoisotopic (exact) mass is 295 g/mol. The highest BCUT2D eigenvalue weighted by molar-refractivity contribution is 5.85. The van der Waals surface area contributed by atoms with Crippen molar-refractivity contribution in [3.8, 4) is 0 Å². The summed E-state index contributed by atoms with van der Waals surface area (Å²) in [5, 5.41) is 12.0. The van der Waals surface area contributed by atoms with Crippen molar-refractivity contribution in [3.63, 3.8) is 0 Å². The Kier molecular flexibility index (Phi) is 6.39. The van der Waals surface area contributed by atoms with Gasteiger partial charge in [-0.25, -0.2) is 4.79 Å². The SMILES string of the molecule is O=C(O)/C=C/c1ccc(CNCCCc2ccccc2)cc1. The predicted octanol–water partition coefficient (Wildman–Crippen LogP) is 3.51. The summed E-state index contributed by atoms with van der Waals surface area (Å²) in [7, 11) is 0. The highest BCUT2D eigenvalue weighted by Crippen LogP contribution is 2.06. The highest BCUT2D eigenvalue weighted by atomic mass is 16.4. The topological polar surface area (TPSA) is 49.3 Å². The van der Waals surface area contributed by atoms with Crippen molar-refractivity contribution in [1.29, 1.82) is 0 Å². The first-order valence-corrected chi connectivity index (χ1v) is 7.48. The van der Waals surface area contributed by atoms with Gasteiger partial charge in [0.15, 0.2) is 0 Å². The summed E-state index contributed by atoms with van der Waals surface area (Å²) in [6, 6.07) is 18.4. The standard InChI is InChI=1S/C19H21NO2/c21-19(22)13-12-17-8-10-18(11-9-17)15-20-14-4-7-16-5-2-1-3-6-16/h1-3,5-6,8-13,20H,4,7,14-15H2,(H,21,22)/b13-12+. The molecule has 2 aromatic carbocycles. The summed E-state index contributed by atoms with van der Waals surface area (Å²) in [5.41, 5.74) is 3.47. The molecule has 0 fully saturated rings. The van der Waals surface area contributed by atoms with Gasteiger partial charge in [-0.3, -0.25) is 0 Å². The quantitative estimate of drug-likeness (QED) is 0.579. The maximum absolute atomic E-state index is 10.4. The van der Waals surface area contributed by atoms with Crippen LogP contribution < -0.4 is 5.32 Å².